The van der Waals surface area contributed by atoms with Crippen molar-refractivity contribution in [2.24, 2.45) is 0 Å². The summed E-state index contributed by atoms with van der Waals surface area (Å²) in [7, 11) is 0. The number of para-hydroxylation sites is 1. The summed E-state index contributed by atoms with van der Waals surface area (Å²) in [5.41, 5.74) is 0.832. The second-order valence-electron chi connectivity index (χ2n) is 3.17. The summed E-state index contributed by atoms with van der Waals surface area (Å²) in [6.45, 7) is 1.75. The van der Waals surface area contributed by atoms with Gasteiger partial charge < -0.3 is 4.74 Å². The number of benzene rings is 1. The fraction of sp³-hybridized carbons (Fsp3) is 0.167. The number of carbonyl (C=O) groups is 1. The summed E-state index contributed by atoms with van der Waals surface area (Å²) in [5, 5.41) is 1.04. The molecule has 1 heterocycles. The lowest BCUT2D eigenvalue weighted by Gasteiger charge is -2.02. The van der Waals surface area contributed by atoms with Crippen molar-refractivity contribution < 1.29 is 9.53 Å². The van der Waals surface area contributed by atoms with E-state index < -0.39 is 0 Å². The number of pyridine rings is 1. The van der Waals surface area contributed by atoms with Crippen LogP contribution in [0.15, 0.2) is 36.4 Å². The Labute approximate surface area is 87.7 Å². The van der Waals surface area contributed by atoms with E-state index in [1.54, 1.807) is 13.0 Å². The second-order valence-corrected chi connectivity index (χ2v) is 3.17. The number of carbonyl (C=O) groups excluding carboxylic acids is 1. The molecule has 15 heavy (non-hydrogen) atoms. The highest BCUT2D eigenvalue weighted by Crippen LogP contribution is 2.16. The molecule has 0 unspecified atom stereocenters. The van der Waals surface area contributed by atoms with Crippen molar-refractivity contribution in [3.8, 4) is 5.88 Å². The summed E-state index contributed by atoms with van der Waals surface area (Å²) in [6, 6.07) is 11.3. The van der Waals surface area contributed by atoms with Gasteiger partial charge in [-0.2, -0.15) is 0 Å². The SMILES string of the molecule is CCC(=O)Oc1ccc2ccccc2n1. The Hall–Kier alpha value is -1.90. The normalized spacial score (nSPS) is 10.2. The molecule has 0 aliphatic carbocycles. The van der Waals surface area contributed by atoms with Gasteiger partial charge >= 0.3 is 5.97 Å². The minimum atomic E-state index is -0.266. The fourth-order valence-corrected chi connectivity index (χ4v) is 1.29. The number of esters is 1. The van der Waals surface area contributed by atoms with Gasteiger partial charge in [0.05, 0.1) is 5.52 Å². The summed E-state index contributed by atoms with van der Waals surface area (Å²) in [4.78, 5) is 15.3. The van der Waals surface area contributed by atoms with E-state index in [2.05, 4.69) is 4.98 Å². The van der Waals surface area contributed by atoms with Gasteiger partial charge in [0.25, 0.3) is 0 Å². The number of ether oxygens (including phenoxy) is 1. The molecule has 1 aromatic carbocycles. The Morgan fingerprint density at radius 3 is 2.87 bits per heavy atom. The van der Waals surface area contributed by atoms with Crippen LogP contribution in [0, 0.1) is 0 Å². The summed E-state index contributed by atoms with van der Waals surface area (Å²) < 4.78 is 5.02. The predicted octanol–water partition coefficient (Wildman–Crippen LogP) is 2.55. The molecule has 2 rings (SSSR count). The monoisotopic (exact) mass is 201 g/mol. The smallest absolute Gasteiger partial charge is 0.312 e. The molecule has 0 saturated carbocycles. The third kappa shape index (κ3) is 2.13. The maximum atomic E-state index is 11.1. The topological polar surface area (TPSA) is 39.2 Å². The van der Waals surface area contributed by atoms with Crippen molar-refractivity contribution in [2.45, 2.75) is 13.3 Å². The van der Waals surface area contributed by atoms with E-state index in [-0.39, 0.29) is 5.97 Å². The van der Waals surface area contributed by atoms with Crippen LogP contribution in [0.5, 0.6) is 5.88 Å². The second kappa shape index (κ2) is 4.09. The molecule has 0 amide bonds. The first-order chi connectivity index (χ1) is 7.29. The quantitative estimate of drug-likeness (QED) is 0.701. The van der Waals surface area contributed by atoms with Gasteiger partial charge in [0.1, 0.15) is 0 Å². The number of hydrogen-bond donors (Lipinski definition) is 0. The van der Waals surface area contributed by atoms with Gasteiger partial charge in [-0.15, -0.1) is 0 Å². The van der Waals surface area contributed by atoms with Crippen LogP contribution in [0.3, 0.4) is 0 Å². The van der Waals surface area contributed by atoms with Crippen LogP contribution < -0.4 is 4.74 Å². The first-order valence-electron chi connectivity index (χ1n) is 4.86. The molecule has 76 valence electrons. The van der Waals surface area contributed by atoms with E-state index >= 15 is 0 Å². The van der Waals surface area contributed by atoms with Crippen molar-refractivity contribution in [3.05, 3.63) is 36.4 Å². The van der Waals surface area contributed by atoms with Crippen LogP contribution in [0.25, 0.3) is 10.9 Å². The molecule has 0 aliphatic rings. The molecule has 3 heteroatoms. The van der Waals surface area contributed by atoms with E-state index in [9.17, 15) is 4.79 Å². The highest BCUT2D eigenvalue weighted by Gasteiger charge is 2.03. The largest absolute Gasteiger partial charge is 0.407 e. The molecule has 0 aliphatic heterocycles. The van der Waals surface area contributed by atoms with E-state index in [0.29, 0.717) is 12.3 Å². The Bertz CT molecular complexity index is 494. The minimum absolute atomic E-state index is 0.266. The van der Waals surface area contributed by atoms with Crippen molar-refractivity contribution in [2.75, 3.05) is 0 Å². The Morgan fingerprint density at radius 2 is 2.07 bits per heavy atom. The van der Waals surface area contributed by atoms with Crippen LogP contribution in [0.4, 0.5) is 0 Å². The lowest BCUT2D eigenvalue weighted by Crippen LogP contribution is -2.06. The Balaban J connectivity index is 2.34. The molecule has 0 atom stereocenters. The number of hydrogen-bond acceptors (Lipinski definition) is 3. The van der Waals surface area contributed by atoms with Gasteiger partial charge in [-0.05, 0) is 12.1 Å². The Kier molecular flexibility index (Phi) is 2.63. The predicted molar refractivity (Wildman–Crippen MR) is 57.7 cm³/mol. The van der Waals surface area contributed by atoms with E-state index in [4.69, 9.17) is 4.74 Å². The van der Waals surface area contributed by atoms with Crippen LogP contribution >= 0.6 is 0 Å². The van der Waals surface area contributed by atoms with E-state index in [1.807, 2.05) is 30.3 Å². The number of nitrogens with zero attached hydrogens (tertiary/aromatic N) is 1. The molecule has 0 radical (unpaired) electrons. The van der Waals surface area contributed by atoms with Crippen molar-refractivity contribution in [1.29, 1.82) is 0 Å². The minimum Gasteiger partial charge on any atom is -0.407 e. The first kappa shape index (κ1) is 9.65. The fourth-order valence-electron chi connectivity index (χ4n) is 1.29. The molecular formula is C12H11NO2. The first-order valence-corrected chi connectivity index (χ1v) is 4.86. The number of fused-ring (bicyclic) bond motifs is 1. The summed E-state index contributed by atoms with van der Waals surface area (Å²) in [6.07, 6.45) is 0.356. The third-order valence-electron chi connectivity index (χ3n) is 2.08. The van der Waals surface area contributed by atoms with E-state index in [1.165, 1.54) is 0 Å². The van der Waals surface area contributed by atoms with Gasteiger partial charge in [0, 0.05) is 17.9 Å². The molecule has 0 fully saturated rings. The highest BCUT2D eigenvalue weighted by atomic mass is 16.5. The van der Waals surface area contributed by atoms with Crippen LogP contribution in [0.1, 0.15) is 13.3 Å². The molecule has 0 bridgehead atoms. The van der Waals surface area contributed by atoms with Crippen LogP contribution in [0.2, 0.25) is 0 Å². The lowest BCUT2D eigenvalue weighted by atomic mass is 10.2. The standard InChI is InChI=1S/C12H11NO2/c1-2-12(14)15-11-8-7-9-5-3-4-6-10(9)13-11/h3-8H,2H2,1H3. The zero-order chi connectivity index (χ0) is 10.7. The van der Waals surface area contributed by atoms with Gasteiger partial charge in [-0.1, -0.05) is 25.1 Å². The van der Waals surface area contributed by atoms with Gasteiger partial charge in [-0.3, -0.25) is 4.79 Å². The molecule has 0 N–H and O–H groups in total. The molecule has 2 aromatic rings. The number of aromatic nitrogens is 1. The third-order valence-corrected chi connectivity index (χ3v) is 2.08. The maximum absolute atomic E-state index is 11.1. The zero-order valence-electron chi connectivity index (χ0n) is 8.43. The zero-order valence-corrected chi connectivity index (χ0v) is 8.43. The van der Waals surface area contributed by atoms with Gasteiger partial charge in [0.2, 0.25) is 5.88 Å². The maximum Gasteiger partial charge on any atom is 0.312 e. The van der Waals surface area contributed by atoms with Gasteiger partial charge in [-0.25, -0.2) is 4.98 Å². The molecule has 3 nitrogen and oxygen atoms in total. The Morgan fingerprint density at radius 1 is 1.27 bits per heavy atom. The van der Waals surface area contributed by atoms with Crippen molar-refractivity contribution in [3.63, 3.8) is 0 Å². The highest BCUT2D eigenvalue weighted by molar-refractivity contribution is 5.79. The lowest BCUT2D eigenvalue weighted by molar-refractivity contribution is -0.134. The summed E-state index contributed by atoms with van der Waals surface area (Å²) >= 11 is 0. The van der Waals surface area contributed by atoms with Crippen molar-refractivity contribution >= 4 is 16.9 Å². The average molecular weight is 201 g/mol. The number of rotatable bonds is 2. The van der Waals surface area contributed by atoms with Gasteiger partial charge in [0.15, 0.2) is 0 Å². The van der Waals surface area contributed by atoms with Crippen LogP contribution in [-0.4, -0.2) is 11.0 Å². The molecule has 0 spiro atoms. The molecule has 1 aromatic heterocycles. The van der Waals surface area contributed by atoms with E-state index in [0.717, 1.165) is 10.9 Å². The molecule has 0 saturated heterocycles. The summed E-state index contributed by atoms with van der Waals surface area (Å²) in [5.74, 6) is 0.0957. The van der Waals surface area contributed by atoms with Crippen molar-refractivity contribution in [1.82, 2.24) is 4.98 Å². The van der Waals surface area contributed by atoms with Crippen LogP contribution in [-0.2, 0) is 4.79 Å². The molecular weight excluding hydrogens is 190 g/mol. The average Bonchev–Trinajstić information content (AvgIpc) is 2.29.